The second-order valence-corrected chi connectivity index (χ2v) is 8.67. The number of ether oxygens (including phenoxy) is 1. The molecule has 0 aliphatic carbocycles. The number of hydrogen-bond acceptors (Lipinski definition) is 5. The normalized spacial score (nSPS) is 14.3. The third-order valence-electron chi connectivity index (χ3n) is 5.14. The van der Waals surface area contributed by atoms with E-state index in [9.17, 15) is 22.0 Å². The van der Waals surface area contributed by atoms with E-state index in [-0.39, 0.29) is 10.6 Å². The molecular weight excluding hydrogens is 402 g/mol. The number of benzene rings is 2. The Hall–Kier alpha value is -2.94. The Balaban J connectivity index is 1.77. The Labute approximate surface area is 166 Å². The number of sulfone groups is 1. The summed E-state index contributed by atoms with van der Waals surface area (Å²) in [5, 5.41) is 0.821. The molecule has 0 amide bonds. The second kappa shape index (κ2) is 7.14. The molecule has 0 atom stereocenters. The van der Waals surface area contributed by atoms with Crippen LogP contribution in [-0.4, -0.2) is 38.8 Å². The van der Waals surface area contributed by atoms with Crippen LogP contribution in [0.25, 0.3) is 10.9 Å². The second-order valence-electron chi connectivity index (χ2n) is 6.78. The number of para-hydroxylation sites is 1. The molecule has 4 rings (SSSR count). The minimum Gasteiger partial charge on any atom is -0.465 e. The molecule has 2 heterocycles. The van der Waals surface area contributed by atoms with Gasteiger partial charge in [0.2, 0.25) is 9.84 Å². The zero-order valence-electron chi connectivity index (χ0n) is 15.5. The smallest absolute Gasteiger partial charge is 0.341 e. The van der Waals surface area contributed by atoms with Gasteiger partial charge in [0.1, 0.15) is 0 Å². The van der Waals surface area contributed by atoms with E-state index in [1.807, 2.05) is 0 Å². The summed E-state index contributed by atoms with van der Waals surface area (Å²) in [4.78, 5) is 16.6. The maximum Gasteiger partial charge on any atom is 0.341 e. The Kier molecular flexibility index (Phi) is 4.77. The van der Waals surface area contributed by atoms with Crippen LogP contribution in [0.1, 0.15) is 21.6 Å². The van der Waals surface area contributed by atoms with Crippen molar-refractivity contribution < 1.29 is 26.7 Å². The van der Waals surface area contributed by atoms with Crippen molar-refractivity contribution in [3.8, 4) is 0 Å². The molecule has 1 aliphatic rings. The number of aromatic amines is 1. The molecule has 0 bridgehead atoms. The Bertz CT molecular complexity index is 1200. The van der Waals surface area contributed by atoms with Crippen molar-refractivity contribution in [1.82, 2.24) is 4.98 Å². The van der Waals surface area contributed by atoms with Crippen LogP contribution >= 0.6 is 0 Å². The van der Waals surface area contributed by atoms with Crippen LogP contribution in [0.2, 0.25) is 0 Å². The summed E-state index contributed by atoms with van der Waals surface area (Å²) in [5.41, 5.74) is 3.38. The van der Waals surface area contributed by atoms with E-state index in [2.05, 4.69) is 4.98 Å². The predicted molar refractivity (Wildman–Crippen MR) is 104 cm³/mol. The first-order chi connectivity index (χ1) is 13.8. The molecule has 29 heavy (non-hydrogen) atoms. The first-order valence-corrected chi connectivity index (χ1v) is 10.5. The summed E-state index contributed by atoms with van der Waals surface area (Å²) in [6.45, 7) is 0.801. The number of methoxy groups -OCH3 is 1. The average Bonchev–Trinajstić information content (AvgIpc) is 3.10. The van der Waals surface area contributed by atoms with Crippen molar-refractivity contribution in [2.75, 3.05) is 18.6 Å². The minimum atomic E-state index is -4.73. The van der Waals surface area contributed by atoms with E-state index in [4.69, 9.17) is 4.74 Å². The lowest BCUT2D eigenvalue weighted by molar-refractivity contribution is 0.0601. The molecule has 0 saturated carbocycles. The topological polar surface area (TPSA) is 79.5 Å². The molecule has 0 saturated heterocycles. The summed E-state index contributed by atoms with van der Waals surface area (Å²) < 4.78 is 55.3. The summed E-state index contributed by atoms with van der Waals surface area (Å²) in [6, 6.07) is 11.0. The van der Waals surface area contributed by atoms with Gasteiger partial charge >= 0.3 is 11.7 Å². The third-order valence-corrected chi connectivity index (χ3v) is 6.57. The fourth-order valence-corrected chi connectivity index (χ4v) is 4.67. The average molecular weight is 420 g/mol. The van der Waals surface area contributed by atoms with Gasteiger partial charge in [-0.15, -0.1) is 0 Å². The summed E-state index contributed by atoms with van der Waals surface area (Å²) >= 11 is 0. The van der Waals surface area contributed by atoms with Gasteiger partial charge in [-0.1, -0.05) is 12.1 Å². The van der Waals surface area contributed by atoms with Gasteiger partial charge in [-0.05, 0) is 30.3 Å². The van der Waals surface area contributed by atoms with Gasteiger partial charge in [0, 0.05) is 41.7 Å². The Morgan fingerprint density at radius 2 is 1.97 bits per heavy atom. The number of carbonyl (C=O) groups is 1. The minimum absolute atomic E-state index is 0.247. The molecule has 0 radical (unpaired) electrons. The van der Waals surface area contributed by atoms with Crippen LogP contribution in [-0.2, 0) is 27.5 Å². The first-order valence-electron chi connectivity index (χ1n) is 8.90. The number of aromatic nitrogens is 1. The van der Waals surface area contributed by atoms with Crippen molar-refractivity contribution in [1.29, 1.82) is 0 Å². The zero-order valence-corrected chi connectivity index (χ0v) is 16.3. The first kappa shape index (κ1) is 19.4. The molecule has 2 aromatic carbocycles. The Morgan fingerprint density at radius 1 is 1.21 bits per heavy atom. The van der Waals surface area contributed by atoms with E-state index in [0.717, 1.165) is 22.2 Å². The Morgan fingerprint density at radius 3 is 2.69 bits per heavy atom. The van der Waals surface area contributed by atoms with Crippen LogP contribution in [0.15, 0.2) is 47.4 Å². The molecule has 9 heteroatoms. The molecule has 152 valence electrons. The van der Waals surface area contributed by atoms with Gasteiger partial charge < -0.3 is 14.6 Å². The lowest BCUT2D eigenvalue weighted by atomic mass is 10.0. The van der Waals surface area contributed by atoms with Gasteiger partial charge in [0.25, 0.3) is 0 Å². The summed E-state index contributed by atoms with van der Waals surface area (Å²) in [6.07, 6.45) is 0.584. The van der Waals surface area contributed by atoms with Crippen molar-refractivity contribution in [2.24, 2.45) is 0 Å². The van der Waals surface area contributed by atoms with Crippen molar-refractivity contribution >= 4 is 32.4 Å². The number of alkyl halides is 2. The molecule has 0 unspecified atom stereocenters. The lowest BCUT2D eigenvalue weighted by Gasteiger charge is -2.30. The monoisotopic (exact) mass is 420 g/mol. The van der Waals surface area contributed by atoms with E-state index in [1.54, 1.807) is 29.2 Å². The maximum absolute atomic E-state index is 13.1. The maximum atomic E-state index is 13.1. The quantitative estimate of drug-likeness (QED) is 0.654. The van der Waals surface area contributed by atoms with Crippen LogP contribution in [0.3, 0.4) is 0 Å². The van der Waals surface area contributed by atoms with E-state index in [1.165, 1.54) is 25.3 Å². The molecule has 1 N–H and O–H groups in total. The standard InChI is InChI=1S/C20H18F2N2O4S/c1-28-19(25)12-6-7-15-13(10-12)14-11-24(9-8-16(14)23-15)17-4-2-3-5-18(17)29(26,27)20(21)22/h2-7,10,20,23H,8-9,11H2,1H3. The van der Waals surface area contributed by atoms with Gasteiger partial charge in [-0.2, -0.15) is 8.78 Å². The lowest BCUT2D eigenvalue weighted by Crippen LogP contribution is -2.31. The van der Waals surface area contributed by atoms with Gasteiger partial charge in [-0.25, -0.2) is 13.2 Å². The fraction of sp³-hybridized carbons (Fsp3) is 0.250. The van der Waals surface area contributed by atoms with Crippen LogP contribution in [0.4, 0.5) is 14.5 Å². The molecular formula is C20H18F2N2O4S. The number of hydrogen-bond donors (Lipinski definition) is 1. The molecule has 0 spiro atoms. The number of rotatable bonds is 4. The highest BCUT2D eigenvalue weighted by molar-refractivity contribution is 7.91. The molecule has 6 nitrogen and oxygen atoms in total. The predicted octanol–water partition coefficient (Wildman–Crippen LogP) is 3.51. The number of H-pyrrole nitrogens is 1. The number of nitrogens with one attached hydrogen (secondary N) is 1. The largest absolute Gasteiger partial charge is 0.465 e. The molecule has 1 aliphatic heterocycles. The van der Waals surface area contributed by atoms with E-state index >= 15 is 0 Å². The molecule has 0 fully saturated rings. The number of anilines is 1. The highest BCUT2D eigenvalue weighted by Crippen LogP contribution is 2.35. The van der Waals surface area contributed by atoms with Gasteiger partial charge in [-0.3, -0.25) is 0 Å². The van der Waals surface area contributed by atoms with Crippen LogP contribution in [0.5, 0.6) is 0 Å². The van der Waals surface area contributed by atoms with Crippen molar-refractivity contribution in [2.45, 2.75) is 23.6 Å². The number of fused-ring (bicyclic) bond motifs is 3. The van der Waals surface area contributed by atoms with Crippen LogP contribution in [0, 0.1) is 0 Å². The summed E-state index contributed by atoms with van der Waals surface area (Å²) in [5.74, 6) is -3.94. The fourth-order valence-electron chi connectivity index (χ4n) is 3.72. The number of carbonyl (C=O) groups excluding carboxylic acids is 1. The van der Waals surface area contributed by atoms with Gasteiger partial charge in [0.15, 0.2) is 0 Å². The van der Waals surface area contributed by atoms with Crippen molar-refractivity contribution in [3.05, 3.63) is 59.3 Å². The highest BCUT2D eigenvalue weighted by atomic mass is 32.2. The van der Waals surface area contributed by atoms with E-state index < -0.39 is 21.6 Å². The van der Waals surface area contributed by atoms with Gasteiger partial charge in [0.05, 0.1) is 23.3 Å². The zero-order chi connectivity index (χ0) is 20.8. The summed E-state index contributed by atoms with van der Waals surface area (Å²) in [7, 11) is -3.42. The molecule has 3 aromatic rings. The molecule has 1 aromatic heterocycles. The number of nitrogens with zero attached hydrogens (tertiary/aromatic N) is 1. The van der Waals surface area contributed by atoms with E-state index in [0.29, 0.717) is 25.1 Å². The van der Waals surface area contributed by atoms with Crippen LogP contribution < -0.4 is 4.90 Å². The number of esters is 1. The highest BCUT2D eigenvalue weighted by Gasteiger charge is 2.32. The third kappa shape index (κ3) is 3.25. The van der Waals surface area contributed by atoms with Crippen molar-refractivity contribution in [3.63, 3.8) is 0 Å². The SMILES string of the molecule is COC(=O)c1ccc2[nH]c3c(c2c1)CN(c1ccccc1S(=O)(=O)C(F)F)CC3. The number of halogens is 2.